The minimum absolute atomic E-state index is 0.0550. The SMILES string of the molecule is COc1ccccc1/C=C(/C(=O)c1ccccc1)c1nc2ccccc2s1. The van der Waals surface area contributed by atoms with E-state index in [1.165, 1.54) is 11.3 Å². The van der Waals surface area contributed by atoms with Gasteiger partial charge in [-0.3, -0.25) is 4.79 Å². The van der Waals surface area contributed by atoms with E-state index >= 15 is 0 Å². The van der Waals surface area contributed by atoms with E-state index < -0.39 is 0 Å². The van der Waals surface area contributed by atoms with Gasteiger partial charge in [-0.1, -0.05) is 60.7 Å². The molecule has 4 aromatic rings. The number of nitrogens with zero attached hydrogens (tertiary/aromatic N) is 1. The predicted octanol–water partition coefficient (Wildman–Crippen LogP) is 5.73. The third-order valence-corrected chi connectivity index (χ3v) is 5.31. The van der Waals surface area contributed by atoms with Crippen LogP contribution in [-0.4, -0.2) is 17.9 Å². The maximum atomic E-state index is 13.3. The fourth-order valence-corrected chi connectivity index (χ4v) is 3.88. The summed E-state index contributed by atoms with van der Waals surface area (Å²) in [5, 5.41) is 0.705. The van der Waals surface area contributed by atoms with Crippen LogP contribution >= 0.6 is 11.3 Å². The molecule has 132 valence electrons. The molecule has 3 nitrogen and oxygen atoms in total. The van der Waals surface area contributed by atoms with Crippen LogP contribution in [0.1, 0.15) is 20.9 Å². The highest BCUT2D eigenvalue weighted by Gasteiger charge is 2.19. The van der Waals surface area contributed by atoms with Crippen LogP contribution in [0, 0.1) is 0 Å². The van der Waals surface area contributed by atoms with E-state index in [1.54, 1.807) is 7.11 Å². The standard InChI is InChI=1S/C23H17NO2S/c1-26-20-13-7-5-11-17(20)15-18(22(25)16-9-3-2-4-10-16)23-24-19-12-6-8-14-21(19)27-23/h2-15H,1H3/b18-15-. The number of fused-ring (bicyclic) bond motifs is 1. The van der Waals surface area contributed by atoms with Gasteiger partial charge in [-0.05, 0) is 24.3 Å². The van der Waals surface area contributed by atoms with Crippen LogP contribution in [0.2, 0.25) is 0 Å². The Morgan fingerprint density at radius 1 is 0.926 bits per heavy atom. The van der Waals surface area contributed by atoms with Gasteiger partial charge in [0.25, 0.3) is 0 Å². The summed E-state index contributed by atoms with van der Waals surface area (Å²) < 4.78 is 6.51. The number of benzene rings is 3. The molecule has 0 spiro atoms. The van der Waals surface area contributed by atoms with Crippen molar-refractivity contribution in [2.24, 2.45) is 0 Å². The Balaban J connectivity index is 1.89. The quantitative estimate of drug-likeness (QED) is 0.332. The molecular weight excluding hydrogens is 354 g/mol. The van der Waals surface area contributed by atoms with Crippen LogP contribution in [0.15, 0.2) is 78.9 Å². The molecule has 3 aromatic carbocycles. The largest absolute Gasteiger partial charge is 0.496 e. The van der Waals surface area contributed by atoms with E-state index in [9.17, 15) is 4.79 Å². The molecule has 0 bridgehead atoms. The fraction of sp³-hybridized carbons (Fsp3) is 0.0435. The molecule has 1 aromatic heterocycles. The Morgan fingerprint density at radius 3 is 2.41 bits per heavy atom. The van der Waals surface area contributed by atoms with Gasteiger partial charge in [-0.25, -0.2) is 4.98 Å². The summed E-state index contributed by atoms with van der Waals surface area (Å²) in [4.78, 5) is 18.0. The second kappa shape index (κ2) is 7.56. The van der Waals surface area contributed by atoms with Crippen molar-refractivity contribution < 1.29 is 9.53 Å². The number of para-hydroxylation sites is 2. The summed E-state index contributed by atoms with van der Waals surface area (Å²) in [7, 11) is 1.63. The summed E-state index contributed by atoms with van der Waals surface area (Å²) in [5.41, 5.74) is 2.94. The third kappa shape index (κ3) is 3.52. The molecule has 0 atom stereocenters. The molecule has 0 N–H and O–H groups in total. The number of allylic oxidation sites excluding steroid dienone is 1. The zero-order chi connectivity index (χ0) is 18.6. The van der Waals surface area contributed by atoms with Crippen molar-refractivity contribution in [1.82, 2.24) is 4.98 Å². The normalized spacial score (nSPS) is 11.5. The number of rotatable bonds is 5. The highest BCUT2D eigenvalue weighted by atomic mass is 32.1. The maximum absolute atomic E-state index is 13.3. The van der Waals surface area contributed by atoms with Gasteiger partial charge in [0, 0.05) is 11.1 Å². The predicted molar refractivity (Wildman–Crippen MR) is 111 cm³/mol. The highest BCUT2D eigenvalue weighted by Crippen LogP contribution is 2.32. The molecule has 0 unspecified atom stereocenters. The first-order valence-corrected chi connectivity index (χ1v) is 9.38. The van der Waals surface area contributed by atoms with Crippen molar-refractivity contribution in [3.05, 3.63) is 95.0 Å². The summed E-state index contributed by atoms with van der Waals surface area (Å²) >= 11 is 1.52. The van der Waals surface area contributed by atoms with Crippen LogP contribution in [0.25, 0.3) is 21.9 Å². The van der Waals surface area contributed by atoms with Crippen molar-refractivity contribution in [2.45, 2.75) is 0 Å². The number of hydrogen-bond acceptors (Lipinski definition) is 4. The first-order valence-electron chi connectivity index (χ1n) is 8.56. The molecule has 0 fully saturated rings. The van der Waals surface area contributed by atoms with Gasteiger partial charge in [-0.2, -0.15) is 0 Å². The van der Waals surface area contributed by atoms with E-state index in [-0.39, 0.29) is 5.78 Å². The summed E-state index contributed by atoms with van der Waals surface area (Å²) in [6, 6.07) is 24.9. The molecule has 0 aliphatic rings. The van der Waals surface area contributed by atoms with Crippen LogP contribution in [0.4, 0.5) is 0 Å². The zero-order valence-electron chi connectivity index (χ0n) is 14.8. The summed E-state index contributed by atoms with van der Waals surface area (Å²) in [6.07, 6.45) is 1.87. The van der Waals surface area contributed by atoms with E-state index in [2.05, 4.69) is 0 Å². The number of carbonyl (C=O) groups is 1. The van der Waals surface area contributed by atoms with Crippen LogP contribution in [0.5, 0.6) is 5.75 Å². The zero-order valence-corrected chi connectivity index (χ0v) is 15.6. The lowest BCUT2D eigenvalue weighted by Crippen LogP contribution is -2.02. The second-order valence-electron chi connectivity index (χ2n) is 5.98. The lowest BCUT2D eigenvalue weighted by atomic mass is 10.0. The lowest BCUT2D eigenvalue weighted by molar-refractivity contribution is 0.105. The summed E-state index contributed by atoms with van der Waals surface area (Å²) in [6.45, 7) is 0. The third-order valence-electron chi connectivity index (χ3n) is 4.24. The van der Waals surface area contributed by atoms with Crippen LogP contribution in [0.3, 0.4) is 0 Å². The van der Waals surface area contributed by atoms with Gasteiger partial charge in [0.1, 0.15) is 10.8 Å². The number of aromatic nitrogens is 1. The number of hydrogen-bond donors (Lipinski definition) is 0. The number of methoxy groups -OCH3 is 1. The Kier molecular flexibility index (Phi) is 4.81. The van der Waals surface area contributed by atoms with E-state index in [4.69, 9.17) is 9.72 Å². The molecular formula is C23H17NO2S. The molecule has 0 aliphatic carbocycles. The number of thiazole rings is 1. The number of Topliss-reactive ketones (excluding diaryl/α,β-unsaturated/α-hetero) is 1. The van der Waals surface area contributed by atoms with Crippen molar-refractivity contribution in [1.29, 1.82) is 0 Å². The topological polar surface area (TPSA) is 39.2 Å². The fourth-order valence-electron chi connectivity index (χ4n) is 2.90. The lowest BCUT2D eigenvalue weighted by Gasteiger charge is -2.07. The Labute approximate surface area is 161 Å². The highest BCUT2D eigenvalue weighted by molar-refractivity contribution is 7.20. The first kappa shape index (κ1) is 17.2. The molecule has 0 saturated carbocycles. The molecule has 0 aliphatic heterocycles. The van der Waals surface area contributed by atoms with Crippen molar-refractivity contribution in [3.8, 4) is 5.75 Å². The van der Waals surface area contributed by atoms with E-state index in [0.29, 0.717) is 16.1 Å². The molecule has 4 rings (SSSR count). The monoisotopic (exact) mass is 371 g/mol. The van der Waals surface area contributed by atoms with Gasteiger partial charge < -0.3 is 4.74 Å². The minimum Gasteiger partial charge on any atom is -0.496 e. The number of ether oxygens (including phenoxy) is 1. The van der Waals surface area contributed by atoms with Gasteiger partial charge in [0.2, 0.25) is 0 Å². The Hall–Kier alpha value is -3.24. The summed E-state index contributed by atoms with van der Waals surface area (Å²) in [5.74, 6) is 0.664. The molecule has 1 heterocycles. The van der Waals surface area contributed by atoms with Crippen molar-refractivity contribution in [3.63, 3.8) is 0 Å². The second-order valence-corrected chi connectivity index (χ2v) is 7.01. The first-order chi connectivity index (χ1) is 13.3. The van der Waals surface area contributed by atoms with Gasteiger partial charge >= 0.3 is 0 Å². The average molecular weight is 371 g/mol. The Morgan fingerprint density at radius 2 is 1.63 bits per heavy atom. The molecule has 27 heavy (non-hydrogen) atoms. The smallest absolute Gasteiger partial charge is 0.196 e. The van der Waals surface area contributed by atoms with Crippen molar-refractivity contribution >= 4 is 39.0 Å². The van der Waals surface area contributed by atoms with Gasteiger partial charge in [-0.15, -0.1) is 11.3 Å². The van der Waals surface area contributed by atoms with Crippen LogP contribution < -0.4 is 4.74 Å². The minimum atomic E-state index is -0.0550. The maximum Gasteiger partial charge on any atom is 0.196 e. The van der Waals surface area contributed by atoms with Gasteiger partial charge in [0.15, 0.2) is 5.78 Å². The van der Waals surface area contributed by atoms with Crippen molar-refractivity contribution in [2.75, 3.05) is 7.11 Å². The molecule has 0 amide bonds. The molecule has 0 radical (unpaired) electrons. The number of ketones is 1. The van der Waals surface area contributed by atoms with E-state index in [0.717, 1.165) is 21.5 Å². The van der Waals surface area contributed by atoms with Crippen LogP contribution in [-0.2, 0) is 0 Å². The number of carbonyl (C=O) groups excluding carboxylic acids is 1. The van der Waals surface area contributed by atoms with E-state index in [1.807, 2.05) is 84.9 Å². The average Bonchev–Trinajstić information content (AvgIpc) is 3.16. The van der Waals surface area contributed by atoms with Gasteiger partial charge in [0.05, 0.1) is 22.9 Å². The molecule has 4 heteroatoms. The molecule has 0 saturated heterocycles. The Bertz CT molecular complexity index is 1100.